The summed E-state index contributed by atoms with van der Waals surface area (Å²) >= 11 is 0. The summed E-state index contributed by atoms with van der Waals surface area (Å²) in [5, 5.41) is 0. The molecule has 0 aromatic heterocycles. The zero-order chi connectivity index (χ0) is 8.39. The minimum absolute atomic E-state index is 0.297. The third-order valence-corrected chi connectivity index (χ3v) is 2.73. The van der Waals surface area contributed by atoms with Crippen molar-refractivity contribution >= 4 is 6.02 Å². The fourth-order valence-electron chi connectivity index (χ4n) is 2.06. The molecule has 2 atom stereocenters. The van der Waals surface area contributed by atoms with Crippen LogP contribution in [0.25, 0.3) is 0 Å². The highest BCUT2D eigenvalue weighted by Gasteiger charge is 2.29. The molecule has 1 aliphatic carbocycles. The molecule has 3 nitrogen and oxygen atoms in total. The monoisotopic (exact) mass is 168 g/mol. The van der Waals surface area contributed by atoms with Crippen LogP contribution in [0.5, 0.6) is 0 Å². The van der Waals surface area contributed by atoms with E-state index < -0.39 is 0 Å². The molecule has 0 aromatic rings. The van der Waals surface area contributed by atoms with E-state index in [9.17, 15) is 0 Å². The molecule has 0 saturated heterocycles. The Morgan fingerprint density at radius 2 is 1.92 bits per heavy atom. The van der Waals surface area contributed by atoms with Gasteiger partial charge < -0.3 is 10.5 Å². The Hall–Kier alpha value is -0.730. The van der Waals surface area contributed by atoms with Crippen LogP contribution >= 0.6 is 0 Å². The van der Waals surface area contributed by atoms with Gasteiger partial charge in [-0.15, -0.1) is 0 Å². The standard InChI is InChI=1S/C9H16N2O/c10-9-11-7-5-3-1-2-4-6-8(7)12-9/h7-8H,1-6H2,(H2,10,11). The zero-order valence-corrected chi connectivity index (χ0v) is 7.33. The second-order valence-electron chi connectivity index (χ2n) is 3.68. The largest absolute Gasteiger partial charge is 0.460 e. The van der Waals surface area contributed by atoms with Gasteiger partial charge in [0.15, 0.2) is 0 Å². The molecule has 1 fully saturated rings. The summed E-state index contributed by atoms with van der Waals surface area (Å²) < 4.78 is 5.43. The predicted molar refractivity (Wildman–Crippen MR) is 48.0 cm³/mol. The van der Waals surface area contributed by atoms with Gasteiger partial charge in [-0.1, -0.05) is 19.3 Å². The molecule has 2 rings (SSSR count). The molecule has 0 spiro atoms. The van der Waals surface area contributed by atoms with Crippen LogP contribution < -0.4 is 5.73 Å². The molecule has 0 aromatic carbocycles. The third kappa shape index (κ3) is 1.54. The molecule has 0 radical (unpaired) electrons. The van der Waals surface area contributed by atoms with E-state index in [-0.39, 0.29) is 0 Å². The van der Waals surface area contributed by atoms with Crippen molar-refractivity contribution in [2.75, 3.05) is 0 Å². The van der Waals surface area contributed by atoms with Crippen LogP contribution in [0.3, 0.4) is 0 Å². The number of hydrogen-bond donors (Lipinski definition) is 1. The first kappa shape index (κ1) is 7.90. The lowest BCUT2D eigenvalue weighted by molar-refractivity contribution is 0.163. The Labute approximate surface area is 73.0 Å². The van der Waals surface area contributed by atoms with Crippen LogP contribution in [-0.4, -0.2) is 18.2 Å². The predicted octanol–water partition coefficient (Wildman–Crippen LogP) is 1.42. The van der Waals surface area contributed by atoms with E-state index in [4.69, 9.17) is 10.5 Å². The molecule has 0 bridgehead atoms. The van der Waals surface area contributed by atoms with Gasteiger partial charge >= 0.3 is 0 Å². The Bertz CT molecular complexity index is 191. The van der Waals surface area contributed by atoms with Crippen molar-refractivity contribution in [1.82, 2.24) is 0 Å². The normalized spacial score (nSPS) is 35.8. The van der Waals surface area contributed by atoms with Crippen LogP contribution in [-0.2, 0) is 4.74 Å². The van der Waals surface area contributed by atoms with Crippen LogP contribution in [0.1, 0.15) is 38.5 Å². The van der Waals surface area contributed by atoms with Crippen molar-refractivity contribution in [1.29, 1.82) is 0 Å². The maximum absolute atomic E-state index is 5.52. The summed E-state index contributed by atoms with van der Waals surface area (Å²) in [4.78, 5) is 4.28. The molecular weight excluding hydrogens is 152 g/mol. The van der Waals surface area contributed by atoms with E-state index in [0.29, 0.717) is 18.2 Å². The molecule has 1 saturated carbocycles. The minimum Gasteiger partial charge on any atom is -0.460 e. The van der Waals surface area contributed by atoms with E-state index in [0.717, 1.165) is 12.8 Å². The maximum atomic E-state index is 5.52. The Morgan fingerprint density at radius 1 is 1.17 bits per heavy atom. The number of nitrogens with two attached hydrogens (primary N) is 1. The van der Waals surface area contributed by atoms with Crippen LogP contribution in [0.15, 0.2) is 4.99 Å². The Kier molecular flexibility index (Phi) is 2.19. The first-order valence-electron chi connectivity index (χ1n) is 4.86. The second-order valence-corrected chi connectivity index (χ2v) is 3.68. The first-order chi connectivity index (χ1) is 5.86. The van der Waals surface area contributed by atoms with E-state index in [1.165, 1.54) is 25.7 Å². The molecule has 2 unspecified atom stereocenters. The van der Waals surface area contributed by atoms with Gasteiger partial charge in [0.25, 0.3) is 6.02 Å². The molecule has 1 heterocycles. The third-order valence-electron chi connectivity index (χ3n) is 2.73. The average Bonchev–Trinajstić information content (AvgIpc) is 2.32. The van der Waals surface area contributed by atoms with Crippen molar-refractivity contribution < 1.29 is 4.74 Å². The summed E-state index contributed by atoms with van der Waals surface area (Å²) in [6.45, 7) is 0. The lowest BCUT2D eigenvalue weighted by Gasteiger charge is -2.19. The van der Waals surface area contributed by atoms with Gasteiger partial charge in [-0.25, -0.2) is 4.99 Å². The summed E-state index contributed by atoms with van der Waals surface area (Å²) in [6.07, 6.45) is 7.82. The van der Waals surface area contributed by atoms with Gasteiger partial charge in [0.05, 0.1) is 6.04 Å². The minimum atomic E-state index is 0.297. The summed E-state index contributed by atoms with van der Waals surface area (Å²) in [5.41, 5.74) is 5.52. The van der Waals surface area contributed by atoms with Crippen LogP contribution in [0, 0.1) is 0 Å². The smallest absolute Gasteiger partial charge is 0.282 e. The molecule has 0 amide bonds. The number of amidine groups is 1. The quantitative estimate of drug-likeness (QED) is 0.594. The van der Waals surface area contributed by atoms with Gasteiger partial charge in [0.2, 0.25) is 0 Å². The van der Waals surface area contributed by atoms with Crippen molar-refractivity contribution in [3.63, 3.8) is 0 Å². The molecule has 2 aliphatic rings. The van der Waals surface area contributed by atoms with E-state index in [2.05, 4.69) is 4.99 Å². The SMILES string of the molecule is NC1=NC2CCCCCCC2O1. The highest BCUT2D eigenvalue weighted by Crippen LogP contribution is 2.25. The van der Waals surface area contributed by atoms with Gasteiger partial charge in [0.1, 0.15) is 6.10 Å². The van der Waals surface area contributed by atoms with Crippen LogP contribution in [0.2, 0.25) is 0 Å². The molecular formula is C9H16N2O. The van der Waals surface area contributed by atoms with Gasteiger partial charge in [0, 0.05) is 0 Å². The highest BCUT2D eigenvalue weighted by molar-refractivity contribution is 5.73. The summed E-state index contributed by atoms with van der Waals surface area (Å²) in [5.74, 6) is 0. The number of fused-ring (bicyclic) bond motifs is 1. The fraction of sp³-hybridized carbons (Fsp3) is 0.889. The number of aliphatic imine (C=N–C) groups is 1. The number of ether oxygens (including phenoxy) is 1. The fourth-order valence-corrected chi connectivity index (χ4v) is 2.06. The molecule has 68 valence electrons. The van der Waals surface area contributed by atoms with Crippen molar-refractivity contribution in [2.24, 2.45) is 10.7 Å². The average molecular weight is 168 g/mol. The summed E-state index contributed by atoms with van der Waals surface area (Å²) in [6, 6.07) is 0.775. The van der Waals surface area contributed by atoms with E-state index >= 15 is 0 Å². The molecule has 12 heavy (non-hydrogen) atoms. The van der Waals surface area contributed by atoms with Crippen LogP contribution in [0.4, 0.5) is 0 Å². The Morgan fingerprint density at radius 3 is 2.75 bits per heavy atom. The number of nitrogens with zero attached hydrogens (tertiary/aromatic N) is 1. The van der Waals surface area contributed by atoms with Crippen molar-refractivity contribution in [2.45, 2.75) is 50.7 Å². The highest BCUT2D eigenvalue weighted by atomic mass is 16.5. The number of hydrogen-bond acceptors (Lipinski definition) is 3. The molecule has 2 N–H and O–H groups in total. The maximum Gasteiger partial charge on any atom is 0.282 e. The Balaban J connectivity index is 1.98. The summed E-state index contributed by atoms with van der Waals surface area (Å²) in [7, 11) is 0. The lowest BCUT2D eigenvalue weighted by atomic mass is 9.95. The van der Waals surface area contributed by atoms with Gasteiger partial charge in [-0.05, 0) is 19.3 Å². The zero-order valence-electron chi connectivity index (χ0n) is 7.33. The first-order valence-corrected chi connectivity index (χ1v) is 4.86. The van der Waals surface area contributed by atoms with Crippen molar-refractivity contribution in [3.8, 4) is 0 Å². The lowest BCUT2D eigenvalue weighted by Crippen LogP contribution is -2.24. The van der Waals surface area contributed by atoms with Gasteiger partial charge in [-0.2, -0.15) is 0 Å². The van der Waals surface area contributed by atoms with Crippen molar-refractivity contribution in [3.05, 3.63) is 0 Å². The molecule has 3 heteroatoms. The topological polar surface area (TPSA) is 47.6 Å². The van der Waals surface area contributed by atoms with E-state index in [1.807, 2.05) is 0 Å². The van der Waals surface area contributed by atoms with E-state index in [1.54, 1.807) is 0 Å². The number of rotatable bonds is 0. The second kappa shape index (κ2) is 3.33. The molecule has 1 aliphatic heterocycles. The van der Waals surface area contributed by atoms with Gasteiger partial charge in [-0.3, -0.25) is 0 Å².